The topological polar surface area (TPSA) is 46.5 Å². The van der Waals surface area contributed by atoms with E-state index in [4.69, 9.17) is 16.7 Å². The summed E-state index contributed by atoms with van der Waals surface area (Å²) >= 11 is 5.42. The highest BCUT2D eigenvalue weighted by molar-refractivity contribution is 6.30. The Labute approximate surface area is 64.9 Å². The fourth-order valence-electron chi connectivity index (χ4n) is 0.419. The Balaban J connectivity index is 3.71. The monoisotopic (exact) mass is 166 g/mol. The fourth-order valence-corrected chi connectivity index (χ4v) is 0.482. The second-order valence-electron chi connectivity index (χ2n) is 1.89. The molecule has 0 saturated heterocycles. The van der Waals surface area contributed by atoms with Crippen LogP contribution < -0.4 is 0 Å². The molecule has 0 saturated carbocycles. The van der Waals surface area contributed by atoms with E-state index in [2.05, 4.69) is 4.74 Å². The van der Waals surface area contributed by atoms with Crippen molar-refractivity contribution < 1.29 is 14.6 Å². The number of alkyl halides is 1. The molecule has 0 unspecified atom stereocenters. The quantitative estimate of drug-likeness (QED) is 0.492. The average Bonchev–Trinajstić information content (AvgIpc) is 1.87. The average molecular weight is 167 g/mol. The fraction of sp³-hybridized carbons (Fsp3) is 0.833. The van der Waals surface area contributed by atoms with Crippen molar-refractivity contribution >= 4 is 17.6 Å². The molecule has 0 aliphatic rings. The Morgan fingerprint density at radius 3 is 2.60 bits per heavy atom. The first-order valence-electron chi connectivity index (χ1n) is 3.08. The van der Waals surface area contributed by atoms with Crippen LogP contribution in [0.1, 0.15) is 13.8 Å². The maximum absolute atomic E-state index is 10.7. The molecule has 0 aliphatic heterocycles. The Morgan fingerprint density at radius 1 is 1.80 bits per heavy atom. The summed E-state index contributed by atoms with van der Waals surface area (Å²) in [4.78, 5) is 10.7. The molecule has 0 aromatic heterocycles. The van der Waals surface area contributed by atoms with Gasteiger partial charge in [0.15, 0.2) is 5.38 Å². The van der Waals surface area contributed by atoms with Crippen LogP contribution in [-0.4, -0.2) is 29.2 Å². The maximum Gasteiger partial charge on any atom is 0.326 e. The molecule has 0 aliphatic carbocycles. The van der Waals surface area contributed by atoms with E-state index in [-0.39, 0.29) is 6.61 Å². The number of esters is 1. The van der Waals surface area contributed by atoms with Crippen molar-refractivity contribution in [2.24, 2.45) is 0 Å². The molecular formula is C6H11ClO3. The highest BCUT2D eigenvalue weighted by Gasteiger charge is 2.21. The number of halogens is 1. The number of aliphatic hydroxyl groups excluding tert-OH is 1. The minimum Gasteiger partial charge on any atom is -0.465 e. The van der Waals surface area contributed by atoms with Crippen molar-refractivity contribution in [3.8, 4) is 0 Å². The lowest BCUT2D eigenvalue weighted by Crippen LogP contribution is -2.28. The first-order chi connectivity index (χ1) is 4.59. The predicted molar refractivity (Wildman–Crippen MR) is 38.0 cm³/mol. The molecule has 0 aromatic rings. The van der Waals surface area contributed by atoms with Crippen molar-refractivity contribution in [2.75, 3.05) is 6.61 Å². The lowest BCUT2D eigenvalue weighted by Gasteiger charge is -2.09. The summed E-state index contributed by atoms with van der Waals surface area (Å²) in [5.74, 6) is -0.570. The van der Waals surface area contributed by atoms with Gasteiger partial charge in [0, 0.05) is 0 Å². The van der Waals surface area contributed by atoms with E-state index in [1.54, 1.807) is 6.92 Å². The molecule has 0 heterocycles. The number of rotatable bonds is 3. The number of carbonyl (C=O) groups is 1. The Kier molecular flexibility index (Phi) is 4.40. The van der Waals surface area contributed by atoms with Crippen LogP contribution in [0.15, 0.2) is 0 Å². The smallest absolute Gasteiger partial charge is 0.326 e. The molecule has 0 aromatic carbocycles. The lowest BCUT2D eigenvalue weighted by atomic mass is 10.3. The highest BCUT2D eigenvalue weighted by atomic mass is 35.5. The van der Waals surface area contributed by atoms with E-state index in [9.17, 15) is 4.79 Å². The van der Waals surface area contributed by atoms with Gasteiger partial charge in [0.1, 0.15) is 0 Å². The van der Waals surface area contributed by atoms with Crippen LogP contribution in [-0.2, 0) is 9.53 Å². The van der Waals surface area contributed by atoms with E-state index < -0.39 is 17.5 Å². The van der Waals surface area contributed by atoms with Gasteiger partial charge in [-0.2, -0.15) is 0 Å². The molecule has 60 valence electrons. The molecular weight excluding hydrogens is 156 g/mol. The Bertz CT molecular complexity index is 114. The third-order valence-electron chi connectivity index (χ3n) is 0.935. The first-order valence-corrected chi connectivity index (χ1v) is 3.52. The molecule has 0 radical (unpaired) electrons. The summed E-state index contributed by atoms with van der Waals surface area (Å²) in [7, 11) is 0. The minimum absolute atomic E-state index is 0.286. The number of hydrogen-bond donors (Lipinski definition) is 1. The molecule has 10 heavy (non-hydrogen) atoms. The SMILES string of the molecule is CCOC(=O)[C@H](Cl)[C@H](C)O. The van der Waals surface area contributed by atoms with Crippen LogP contribution in [0, 0.1) is 0 Å². The zero-order chi connectivity index (χ0) is 8.15. The van der Waals surface area contributed by atoms with Crippen molar-refractivity contribution in [1.82, 2.24) is 0 Å². The molecule has 3 nitrogen and oxygen atoms in total. The highest BCUT2D eigenvalue weighted by Crippen LogP contribution is 2.04. The van der Waals surface area contributed by atoms with Gasteiger partial charge < -0.3 is 9.84 Å². The van der Waals surface area contributed by atoms with Crippen molar-refractivity contribution in [3.63, 3.8) is 0 Å². The zero-order valence-corrected chi connectivity index (χ0v) is 6.76. The molecule has 0 rings (SSSR count). The summed E-state index contributed by atoms with van der Waals surface area (Å²) in [5.41, 5.74) is 0. The lowest BCUT2D eigenvalue weighted by molar-refractivity contribution is -0.144. The van der Waals surface area contributed by atoms with E-state index in [0.29, 0.717) is 0 Å². The van der Waals surface area contributed by atoms with E-state index in [0.717, 1.165) is 0 Å². The van der Waals surface area contributed by atoms with Crippen LogP contribution in [0.2, 0.25) is 0 Å². The zero-order valence-electron chi connectivity index (χ0n) is 6.00. The molecule has 1 N–H and O–H groups in total. The third-order valence-corrected chi connectivity index (χ3v) is 1.48. The van der Waals surface area contributed by atoms with E-state index in [1.165, 1.54) is 6.92 Å². The van der Waals surface area contributed by atoms with Gasteiger partial charge in [-0.15, -0.1) is 11.6 Å². The molecule has 0 fully saturated rings. The van der Waals surface area contributed by atoms with Crippen LogP contribution in [0.5, 0.6) is 0 Å². The maximum atomic E-state index is 10.7. The van der Waals surface area contributed by atoms with Gasteiger partial charge in [0.2, 0.25) is 0 Å². The largest absolute Gasteiger partial charge is 0.465 e. The minimum atomic E-state index is -0.944. The molecule has 0 bridgehead atoms. The van der Waals surface area contributed by atoms with Crippen LogP contribution in [0.3, 0.4) is 0 Å². The van der Waals surface area contributed by atoms with Crippen molar-refractivity contribution in [2.45, 2.75) is 25.3 Å². The second kappa shape index (κ2) is 4.52. The normalized spacial score (nSPS) is 16.0. The summed E-state index contributed by atoms with van der Waals surface area (Å²) in [6.45, 7) is 3.41. The predicted octanol–water partition coefficient (Wildman–Crippen LogP) is 0.538. The van der Waals surface area contributed by atoms with Gasteiger partial charge in [-0.05, 0) is 13.8 Å². The van der Waals surface area contributed by atoms with Gasteiger partial charge in [-0.25, -0.2) is 0 Å². The molecule has 2 atom stereocenters. The number of aliphatic hydroxyl groups is 1. The molecule has 4 heteroatoms. The number of carbonyl (C=O) groups excluding carboxylic acids is 1. The van der Waals surface area contributed by atoms with Crippen LogP contribution in [0.25, 0.3) is 0 Å². The van der Waals surface area contributed by atoms with E-state index in [1.807, 2.05) is 0 Å². The molecule has 0 amide bonds. The first kappa shape index (κ1) is 9.72. The summed E-state index contributed by atoms with van der Waals surface area (Å²) in [6.07, 6.45) is -0.860. The van der Waals surface area contributed by atoms with Crippen molar-refractivity contribution in [1.29, 1.82) is 0 Å². The summed E-state index contributed by atoms with van der Waals surface area (Å²) in [6, 6.07) is 0. The second-order valence-corrected chi connectivity index (χ2v) is 2.36. The van der Waals surface area contributed by atoms with Crippen LogP contribution in [0.4, 0.5) is 0 Å². The summed E-state index contributed by atoms with van der Waals surface area (Å²) < 4.78 is 4.53. The Morgan fingerprint density at radius 2 is 2.30 bits per heavy atom. The van der Waals surface area contributed by atoms with E-state index >= 15 is 0 Å². The molecule has 0 spiro atoms. The third kappa shape index (κ3) is 3.03. The van der Waals surface area contributed by atoms with Gasteiger partial charge >= 0.3 is 5.97 Å². The van der Waals surface area contributed by atoms with Gasteiger partial charge in [-0.1, -0.05) is 0 Å². The number of ether oxygens (including phenoxy) is 1. The standard InChI is InChI=1S/C6H11ClO3/c1-3-10-6(9)5(7)4(2)8/h4-5,8H,3H2,1-2H3/t4-,5+/m0/s1. The van der Waals surface area contributed by atoms with Crippen molar-refractivity contribution in [3.05, 3.63) is 0 Å². The van der Waals surface area contributed by atoms with Gasteiger partial charge in [0.25, 0.3) is 0 Å². The summed E-state index contributed by atoms with van der Waals surface area (Å²) in [5, 5.41) is 7.84. The van der Waals surface area contributed by atoms with Crippen LogP contribution >= 0.6 is 11.6 Å². The van der Waals surface area contributed by atoms with Gasteiger partial charge in [-0.3, -0.25) is 4.79 Å². The Hall–Kier alpha value is -0.280. The van der Waals surface area contributed by atoms with Gasteiger partial charge in [0.05, 0.1) is 12.7 Å². The number of hydrogen-bond acceptors (Lipinski definition) is 3.